The number of thiazole rings is 1. The van der Waals surface area contributed by atoms with E-state index in [9.17, 15) is 10.1 Å². The molecule has 0 saturated heterocycles. The fourth-order valence-corrected chi connectivity index (χ4v) is 6.00. The second-order valence-electron chi connectivity index (χ2n) is 10.5. The molecule has 41 heavy (non-hydrogen) atoms. The van der Waals surface area contributed by atoms with Crippen molar-refractivity contribution in [3.05, 3.63) is 53.1 Å². The summed E-state index contributed by atoms with van der Waals surface area (Å²) in [6, 6.07) is 12.2. The van der Waals surface area contributed by atoms with Crippen LogP contribution in [0.25, 0.3) is 11.3 Å². The number of aliphatic imine (C=N–C) groups is 1. The number of nitriles is 1. The molecule has 0 amide bonds. The monoisotopic (exact) mass is 571 g/mol. The van der Waals surface area contributed by atoms with Gasteiger partial charge < -0.3 is 4.90 Å². The molecular weight excluding hydrogens is 530 g/mol. The maximum Gasteiger partial charge on any atom is 0.291 e. The number of anilines is 1. The highest BCUT2D eigenvalue weighted by Gasteiger charge is 2.34. The lowest BCUT2D eigenvalue weighted by molar-refractivity contribution is 0.0941. The summed E-state index contributed by atoms with van der Waals surface area (Å²) in [5.41, 5.74) is 2.84. The summed E-state index contributed by atoms with van der Waals surface area (Å²) in [6.45, 7) is 12.3. The van der Waals surface area contributed by atoms with Crippen LogP contribution in [-0.4, -0.2) is 44.5 Å². The minimum atomic E-state index is -0.443. The number of carbonyl (C=O) groups is 1. The molecule has 4 rings (SSSR count). The molecule has 0 bridgehead atoms. The van der Waals surface area contributed by atoms with E-state index in [2.05, 4.69) is 43.8 Å². The Bertz CT molecular complexity index is 1440. The van der Waals surface area contributed by atoms with Crippen molar-refractivity contribution in [2.45, 2.75) is 91.9 Å². The molecule has 2 aromatic heterocycles. The molecule has 9 heteroatoms. The molecule has 3 heterocycles. The van der Waals surface area contributed by atoms with E-state index in [1.807, 2.05) is 30.3 Å². The van der Waals surface area contributed by atoms with Crippen molar-refractivity contribution in [3.8, 4) is 17.3 Å². The number of benzene rings is 1. The van der Waals surface area contributed by atoms with Gasteiger partial charge in [-0.05, 0) is 32.6 Å². The van der Waals surface area contributed by atoms with Crippen LogP contribution in [0, 0.1) is 11.3 Å². The molecule has 0 fully saturated rings. The van der Waals surface area contributed by atoms with Crippen LogP contribution in [0.3, 0.4) is 0 Å². The molecule has 8 nitrogen and oxygen atoms in total. The number of nitrogens with zero attached hydrogens (tertiary/aromatic N) is 7. The van der Waals surface area contributed by atoms with Gasteiger partial charge in [0.15, 0.2) is 16.8 Å². The minimum absolute atomic E-state index is 0.0489. The second kappa shape index (κ2) is 14.3. The number of hydrogen-bond donors (Lipinski definition) is 0. The Morgan fingerprint density at radius 2 is 1.71 bits per heavy atom. The van der Waals surface area contributed by atoms with Crippen LogP contribution < -0.4 is 4.90 Å². The molecule has 0 aliphatic carbocycles. The quantitative estimate of drug-likeness (QED) is 0.194. The van der Waals surface area contributed by atoms with Crippen LogP contribution in [-0.2, 0) is 0 Å². The van der Waals surface area contributed by atoms with Crippen molar-refractivity contribution >= 4 is 33.1 Å². The van der Waals surface area contributed by atoms with Gasteiger partial charge in [0.25, 0.3) is 5.91 Å². The fourth-order valence-electron chi connectivity index (χ4n) is 4.98. The third-order valence-electron chi connectivity index (χ3n) is 7.54. The standard InChI is InChI=1S/C32H41N7OS/c1-6-10-16-23(9-4)28-36-29-26(22(5)25(21-33)31(40)39(29)37-28)34-30-27(24-17-14-13-15-18-24)35-32(41-30)38(19-11-7-2)20-12-8-3/h13-15,17-18,23H,6-12,16,19-20H2,1-5H3/t23-/m1/s1. The number of allylic oxidation sites excluding steroid dienone is 2. The first kappa shape index (κ1) is 30.3. The summed E-state index contributed by atoms with van der Waals surface area (Å²) in [6.07, 6.45) is 8.38. The highest BCUT2D eigenvalue weighted by molar-refractivity contribution is 7.19. The fraction of sp³-hybridized carbons (Fsp3) is 0.500. The molecule has 0 radical (unpaired) electrons. The van der Waals surface area contributed by atoms with Crippen molar-refractivity contribution < 1.29 is 4.79 Å². The van der Waals surface area contributed by atoms with Crippen LogP contribution in [0.1, 0.15) is 108 Å². The molecule has 0 spiro atoms. The topological polar surface area (TPSA) is 100 Å². The third-order valence-corrected chi connectivity index (χ3v) is 8.55. The van der Waals surface area contributed by atoms with E-state index < -0.39 is 5.91 Å². The highest BCUT2D eigenvalue weighted by Crippen LogP contribution is 2.41. The van der Waals surface area contributed by atoms with E-state index in [0.717, 1.165) is 85.8 Å². The van der Waals surface area contributed by atoms with Gasteiger partial charge in [-0.1, -0.05) is 95.0 Å². The van der Waals surface area contributed by atoms with Crippen LogP contribution >= 0.6 is 11.3 Å². The normalized spacial score (nSPS) is 14.8. The van der Waals surface area contributed by atoms with Gasteiger partial charge in [0, 0.05) is 30.1 Å². The van der Waals surface area contributed by atoms with E-state index in [4.69, 9.17) is 15.0 Å². The Labute approximate surface area is 247 Å². The molecular formula is C32H41N7OS. The lowest BCUT2D eigenvalue weighted by atomic mass is 9.98. The van der Waals surface area contributed by atoms with Gasteiger partial charge in [0.05, 0.1) is 0 Å². The van der Waals surface area contributed by atoms with Gasteiger partial charge in [-0.15, -0.1) is 5.10 Å². The largest absolute Gasteiger partial charge is 0.348 e. The Kier molecular flexibility index (Phi) is 10.6. The van der Waals surface area contributed by atoms with Crippen molar-refractivity contribution in [2.75, 3.05) is 18.0 Å². The Morgan fingerprint density at radius 1 is 1.02 bits per heavy atom. The number of carbonyl (C=O) groups excluding carboxylic acids is 1. The maximum atomic E-state index is 13.3. The molecule has 1 atom stereocenters. The second-order valence-corrected chi connectivity index (χ2v) is 11.5. The summed E-state index contributed by atoms with van der Waals surface area (Å²) in [5.74, 6) is 0.747. The summed E-state index contributed by atoms with van der Waals surface area (Å²) in [7, 11) is 0. The average molecular weight is 572 g/mol. The SMILES string of the molecule is CCCC[C@@H](CC)c1nc2n(n1)C(=O)C(C#N)=C(C)C2=Nc1sc(N(CCCC)CCCC)nc1-c1ccccc1. The van der Waals surface area contributed by atoms with Gasteiger partial charge in [-0.3, -0.25) is 4.79 Å². The summed E-state index contributed by atoms with van der Waals surface area (Å²) >= 11 is 1.55. The van der Waals surface area contributed by atoms with Crippen molar-refractivity contribution in [1.82, 2.24) is 19.7 Å². The lowest BCUT2D eigenvalue weighted by Gasteiger charge is -2.21. The molecule has 216 valence electrons. The van der Waals surface area contributed by atoms with E-state index >= 15 is 0 Å². The maximum absolute atomic E-state index is 13.3. The number of aromatic nitrogens is 4. The summed E-state index contributed by atoms with van der Waals surface area (Å²) in [4.78, 5) is 30.8. The first-order valence-electron chi connectivity index (χ1n) is 15.0. The molecule has 1 aliphatic heterocycles. The highest BCUT2D eigenvalue weighted by atomic mass is 32.1. The minimum Gasteiger partial charge on any atom is -0.348 e. The van der Waals surface area contributed by atoms with E-state index in [0.29, 0.717) is 22.9 Å². The lowest BCUT2D eigenvalue weighted by Crippen LogP contribution is -2.28. The zero-order chi connectivity index (χ0) is 29.4. The molecule has 0 saturated carbocycles. The van der Waals surface area contributed by atoms with Gasteiger partial charge >= 0.3 is 0 Å². The van der Waals surface area contributed by atoms with Crippen molar-refractivity contribution in [2.24, 2.45) is 4.99 Å². The number of fused-ring (bicyclic) bond motifs is 1. The van der Waals surface area contributed by atoms with Crippen LogP contribution in [0.4, 0.5) is 10.1 Å². The Balaban J connectivity index is 1.88. The Hall–Kier alpha value is -3.64. The Morgan fingerprint density at radius 3 is 2.32 bits per heavy atom. The van der Waals surface area contributed by atoms with E-state index in [1.54, 1.807) is 18.3 Å². The van der Waals surface area contributed by atoms with Gasteiger partial charge in [-0.2, -0.15) is 9.94 Å². The zero-order valence-corrected chi connectivity index (χ0v) is 25.8. The summed E-state index contributed by atoms with van der Waals surface area (Å²) < 4.78 is 1.28. The predicted octanol–water partition coefficient (Wildman–Crippen LogP) is 8.11. The van der Waals surface area contributed by atoms with Crippen LogP contribution in [0.5, 0.6) is 0 Å². The van der Waals surface area contributed by atoms with Crippen LogP contribution in [0.15, 0.2) is 46.5 Å². The molecule has 0 N–H and O–H groups in total. The van der Waals surface area contributed by atoms with Crippen molar-refractivity contribution in [1.29, 1.82) is 5.26 Å². The molecule has 1 aliphatic rings. The smallest absolute Gasteiger partial charge is 0.291 e. The van der Waals surface area contributed by atoms with Crippen LogP contribution in [0.2, 0.25) is 0 Å². The van der Waals surface area contributed by atoms with E-state index in [-0.39, 0.29) is 11.5 Å². The average Bonchev–Trinajstić information content (AvgIpc) is 3.62. The summed E-state index contributed by atoms with van der Waals surface area (Å²) in [5, 5.41) is 16.2. The first-order chi connectivity index (χ1) is 20.0. The van der Waals surface area contributed by atoms with Gasteiger partial charge in [0.2, 0.25) is 0 Å². The molecule has 1 aromatic carbocycles. The number of hydrogen-bond acceptors (Lipinski definition) is 8. The predicted molar refractivity (Wildman–Crippen MR) is 167 cm³/mol. The van der Waals surface area contributed by atoms with Gasteiger partial charge in [-0.25, -0.2) is 15.0 Å². The van der Waals surface area contributed by atoms with E-state index in [1.165, 1.54) is 4.68 Å². The van der Waals surface area contributed by atoms with Crippen molar-refractivity contribution in [3.63, 3.8) is 0 Å². The zero-order valence-electron chi connectivity index (χ0n) is 25.0. The molecule has 0 unspecified atom stereocenters. The first-order valence-corrected chi connectivity index (χ1v) is 15.8. The molecule has 3 aromatic rings. The number of unbranched alkanes of at least 4 members (excludes halogenated alkanes) is 3. The third kappa shape index (κ3) is 6.65. The van der Waals surface area contributed by atoms with Gasteiger partial charge in [0.1, 0.15) is 28.0 Å². The number of rotatable bonds is 14.